The van der Waals surface area contributed by atoms with Gasteiger partial charge in [0.05, 0.1) is 6.61 Å². The maximum Gasteiger partial charge on any atom is 0.337 e. The van der Waals surface area contributed by atoms with Gasteiger partial charge in [0.15, 0.2) is 11.9 Å². The zero-order valence-electron chi connectivity index (χ0n) is 9.47. The standard InChI is InChI=1S/C12H13ClO5/c13-4-3-10(15)8-2-1-7(6-14)5-9(8)11(16)12(17)18/h1-2,5,11,14,16H,3-4,6H2,(H,17,18). The second-order valence-electron chi connectivity index (χ2n) is 3.68. The summed E-state index contributed by atoms with van der Waals surface area (Å²) in [5.74, 6) is -1.68. The van der Waals surface area contributed by atoms with Crippen LogP contribution in [0.2, 0.25) is 0 Å². The Bertz CT molecular complexity index is 458. The molecule has 0 radical (unpaired) electrons. The minimum atomic E-state index is -1.80. The fraction of sp³-hybridized carbons (Fsp3) is 0.333. The van der Waals surface area contributed by atoms with Gasteiger partial charge in [-0.05, 0) is 11.6 Å². The molecule has 0 spiro atoms. The highest BCUT2D eigenvalue weighted by atomic mass is 35.5. The van der Waals surface area contributed by atoms with Crippen molar-refractivity contribution in [2.24, 2.45) is 0 Å². The molecule has 0 heterocycles. The van der Waals surface area contributed by atoms with Gasteiger partial charge < -0.3 is 15.3 Å². The zero-order chi connectivity index (χ0) is 13.7. The van der Waals surface area contributed by atoms with Crippen LogP contribution in [0.4, 0.5) is 0 Å². The van der Waals surface area contributed by atoms with Crippen LogP contribution >= 0.6 is 11.6 Å². The number of carbonyl (C=O) groups excluding carboxylic acids is 1. The predicted molar refractivity (Wildman–Crippen MR) is 64.6 cm³/mol. The maximum absolute atomic E-state index is 11.7. The van der Waals surface area contributed by atoms with Crippen molar-refractivity contribution in [2.45, 2.75) is 19.1 Å². The Morgan fingerprint density at radius 2 is 2.00 bits per heavy atom. The molecule has 98 valence electrons. The van der Waals surface area contributed by atoms with Gasteiger partial charge in [0.1, 0.15) is 0 Å². The van der Waals surface area contributed by atoms with Crippen LogP contribution in [0.15, 0.2) is 18.2 Å². The number of hydrogen-bond acceptors (Lipinski definition) is 4. The van der Waals surface area contributed by atoms with E-state index in [0.29, 0.717) is 5.56 Å². The number of aliphatic hydroxyl groups excluding tert-OH is 2. The highest BCUT2D eigenvalue weighted by molar-refractivity contribution is 6.19. The first-order valence-electron chi connectivity index (χ1n) is 5.25. The van der Waals surface area contributed by atoms with Crippen LogP contribution in [0.25, 0.3) is 0 Å². The number of carbonyl (C=O) groups is 2. The Morgan fingerprint density at radius 1 is 1.33 bits per heavy atom. The summed E-state index contributed by atoms with van der Waals surface area (Å²) in [5, 5.41) is 27.3. The van der Waals surface area contributed by atoms with Crippen LogP contribution in [-0.2, 0) is 11.4 Å². The molecule has 3 N–H and O–H groups in total. The Labute approximate surface area is 109 Å². The molecule has 0 fully saturated rings. The lowest BCUT2D eigenvalue weighted by molar-refractivity contribution is -0.146. The van der Waals surface area contributed by atoms with Crippen molar-refractivity contribution in [1.29, 1.82) is 0 Å². The van der Waals surface area contributed by atoms with E-state index >= 15 is 0 Å². The average Bonchev–Trinajstić information content (AvgIpc) is 2.37. The molecule has 0 saturated heterocycles. The molecule has 1 aromatic rings. The highest BCUT2D eigenvalue weighted by Gasteiger charge is 2.22. The maximum atomic E-state index is 11.7. The lowest BCUT2D eigenvalue weighted by atomic mass is 9.95. The molecule has 1 aromatic carbocycles. The van der Waals surface area contributed by atoms with Gasteiger partial charge in [-0.1, -0.05) is 12.1 Å². The third-order valence-corrected chi connectivity index (χ3v) is 2.64. The van der Waals surface area contributed by atoms with Crippen molar-refractivity contribution < 1.29 is 24.9 Å². The van der Waals surface area contributed by atoms with Crippen molar-refractivity contribution in [3.63, 3.8) is 0 Å². The molecule has 0 aliphatic rings. The minimum Gasteiger partial charge on any atom is -0.479 e. The molecule has 0 bridgehead atoms. The van der Waals surface area contributed by atoms with Crippen molar-refractivity contribution in [3.8, 4) is 0 Å². The highest BCUT2D eigenvalue weighted by Crippen LogP contribution is 2.22. The van der Waals surface area contributed by atoms with Crippen molar-refractivity contribution in [1.82, 2.24) is 0 Å². The van der Waals surface area contributed by atoms with Crippen molar-refractivity contribution in [3.05, 3.63) is 34.9 Å². The number of Topliss-reactive ketones (excluding diaryl/α,β-unsaturated/α-hetero) is 1. The molecule has 1 atom stereocenters. The van der Waals surface area contributed by atoms with E-state index in [9.17, 15) is 14.7 Å². The Kier molecular flexibility index (Phi) is 5.27. The second-order valence-corrected chi connectivity index (χ2v) is 4.06. The topological polar surface area (TPSA) is 94.8 Å². The molecule has 0 aliphatic heterocycles. The Balaban J connectivity index is 3.24. The SMILES string of the molecule is O=C(CCCl)c1ccc(CO)cc1C(O)C(=O)O. The molecule has 1 unspecified atom stereocenters. The van der Waals surface area contributed by atoms with E-state index in [1.165, 1.54) is 18.2 Å². The molecular weight excluding hydrogens is 260 g/mol. The summed E-state index contributed by atoms with van der Waals surface area (Å²) < 4.78 is 0. The summed E-state index contributed by atoms with van der Waals surface area (Å²) in [6, 6.07) is 4.20. The van der Waals surface area contributed by atoms with Gasteiger partial charge in [-0.15, -0.1) is 11.6 Å². The van der Waals surface area contributed by atoms with E-state index in [-0.39, 0.29) is 35.8 Å². The van der Waals surface area contributed by atoms with Gasteiger partial charge >= 0.3 is 5.97 Å². The normalized spacial score (nSPS) is 12.2. The van der Waals surface area contributed by atoms with Crippen LogP contribution < -0.4 is 0 Å². The number of ketones is 1. The smallest absolute Gasteiger partial charge is 0.337 e. The number of alkyl halides is 1. The number of halogens is 1. The summed E-state index contributed by atoms with van der Waals surface area (Å²) in [7, 11) is 0. The quantitative estimate of drug-likeness (QED) is 0.533. The van der Waals surface area contributed by atoms with E-state index in [1.807, 2.05) is 0 Å². The van der Waals surface area contributed by atoms with E-state index < -0.39 is 12.1 Å². The third-order valence-electron chi connectivity index (χ3n) is 2.45. The van der Waals surface area contributed by atoms with Crippen LogP contribution in [0.3, 0.4) is 0 Å². The predicted octanol–water partition coefficient (Wildman–Crippen LogP) is 1.11. The Morgan fingerprint density at radius 3 is 2.50 bits per heavy atom. The number of hydrogen-bond donors (Lipinski definition) is 3. The first kappa shape index (κ1) is 14.6. The molecule has 5 nitrogen and oxygen atoms in total. The van der Waals surface area contributed by atoms with E-state index in [1.54, 1.807) is 0 Å². The second kappa shape index (κ2) is 6.49. The number of carboxylic acids is 1. The molecule has 0 amide bonds. The van der Waals surface area contributed by atoms with E-state index in [4.69, 9.17) is 21.8 Å². The summed E-state index contributed by atoms with van der Waals surface area (Å²) in [4.78, 5) is 22.5. The number of benzene rings is 1. The summed E-state index contributed by atoms with van der Waals surface area (Å²) in [5.41, 5.74) is 0.514. The van der Waals surface area contributed by atoms with E-state index in [2.05, 4.69) is 0 Å². The van der Waals surface area contributed by atoms with Gasteiger partial charge in [0, 0.05) is 23.4 Å². The van der Waals surface area contributed by atoms with Gasteiger partial charge in [-0.25, -0.2) is 4.79 Å². The monoisotopic (exact) mass is 272 g/mol. The summed E-state index contributed by atoms with van der Waals surface area (Å²) in [6.45, 7) is -0.302. The van der Waals surface area contributed by atoms with Crippen LogP contribution in [0.1, 0.15) is 34.0 Å². The molecule has 6 heteroatoms. The number of carboxylic acid groups (broad SMARTS) is 1. The average molecular weight is 273 g/mol. The first-order valence-corrected chi connectivity index (χ1v) is 5.78. The number of rotatable bonds is 6. The summed E-state index contributed by atoms with van der Waals surface area (Å²) >= 11 is 5.46. The lowest BCUT2D eigenvalue weighted by Gasteiger charge is -2.12. The lowest BCUT2D eigenvalue weighted by Crippen LogP contribution is -2.16. The van der Waals surface area contributed by atoms with Crippen LogP contribution in [-0.4, -0.2) is 33.0 Å². The van der Waals surface area contributed by atoms with Crippen LogP contribution in [0.5, 0.6) is 0 Å². The number of aliphatic hydroxyl groups is 2. The molecule has 0 saturated carbocycles. The van der Waals surface area contributed by atoms with Gasteiger partial charge in [0.25, 0.3) is 0 Å². The molecule has 0 aliphatic carbocycles. The fourth-order valence-corrected chi connectivity index (χ4v) is 1.72. The molecule has 0 aromatic heterocycles. The van der Waals surface area contributed by atoms with Crippen LogP contribution in [0, 0.1) is 0 Å². The number of aliphatic carboxylic acids is 1. The Hall–Kier alpha value is -1.43. The first-order chi connectivity index (χ1) is 8.51. The molecular formula is C12H13ClO5. The van der Waals surface area contributed by atoms with Crippen molar-refractivity contribution in [2.75, 3.05) is 5.88 Å². The van der Waals surface area contributed by atoms with Gasteiger partial charge in [-0.2, -0.15) is 0 Å². The minimum absolute atomic E-state index is 0.0239. The molecule has 18 heavy (non-hydrogen) atoms. The zero-order valence-corrected chi connectivity index (χ0v) is 10.2. The largest absolute Gasteiger partial charge is 0.479 e. The van der Waals surface area contributed by atoms with Gasteiger partial charge in [0.2, 0.25) is 0 Å². The molecule has 1 rings (SSSR count). The van der Waals surface area contributed by atoms with Crippen molar-refractivity contribution >= 4 is 23.4 Å². The summed E-state index contributed by atoms with van der Waals surface area (Å²) in [6.07, 6.45) is -1.75. The van der Waals surface area contributed by atoms with E-state index in [0.717, 1.165) is 0 Å². The third kappa shape index (κ3) is 3.29. The fourth-order valence-electron chi connectivity index (χ4n) is 1.54. The van der Waals surface area contributed by atoms with Gasteiger partial charge in [-0.3, -0.25) is 4.79 Å².